The number of carboxylic acid groups (broad SMARTS) is 1. The van der Waals surface area contributed by atoms with E-state index in [4.69, 9.17) is 4.74 Å². The minimum atomic E-state index is -1.10. The number of aromatic carboxylic acids is 1. The maximum atomic E-state index is 13.1. The Labute approximate surface area is 223 Å². The summed E-state index contributed by atoms with van der Waals surface area (Å²) in [5.41, 5.74) is 2.18. The van der Waals surface area contributed by atoms with E-state index in [1.807, 2.05) is 35.0 Å². The monoisotopic (exact) mass is 528 g/mol. The second-order valence-electron chi connectivity index (χ2n) is 10.3. The van der Waals surface area contributed by atoms with Gasteiger partial charge in [-0.05, 0) is 39.3 Å². The Hall–Kier alpha value is -4.86. The predicted molar refractivity (Wildman–Crippen MR) is 146 cm³/mol. The number of H-pyrrole nitrogens is 1. The van der Waals surface area contributed by atoms with E-state index in [1.54, 1.807) is 39.1 Å². The van der Waals surface area contributed by atoms with Crippen molar-refractivity contribution in [2.24, 2.45) is 0 Å². The first-order chi connectivity index (χ1) is 18.5. The highest BCUT2D eigenvalue weighted by molar-refractivity contribution is 6.50. The van der Waals surface area contributed by atoms with Crippen LogP contribution in [0.5, 0.6) is 0 Å². The largest absolute Gasteiger partial charge is 0.478 e. The lowest BCUT2D eigenvalue weighted by molar-refractivity contribution is -0.122. The van der Waals surface area contributed by atoms with Gasteiger partial charge in [-0.3, -0.25) is 14.9 Å². The molecule has 200 valence electrons. The molecule has 0 saturated carbocycles. The Kier molecular flexibility index (Phi) is 6.47. The van der Waals surface area contributed by atoms with Gasteiger partial charge in [-0.25, -0.2) is 9.59 Å². The van der Waals surface area contributed by atoms with Crippen molar-refractivity contribution < 1.29 is 29.0 Å². The molecule has 2 aromatic carbocycles. The molecule has 3 amide bonds. The Morgan fingerprint density at radius 2 is 1.67 bits per heavy atom. The first-order valence-corrected chi connectivity index (χ1v) is 12.5. The molecule has 0 spiro atoms. The Morgan fingerprint density at radius 3 is 2.38 bits per heavy atom. The highest BCUT2D eigenvalue weighted by Gasteiger charge is 2.35. The van der Waals surface area contributed by atoms with Gasteiger partial charge >= 0.3 is 12.1 Å². The van der Waals surface area contributed by atoms with Crippen LogP contribution in [0.2, 0.25) is 0 Å². The lowest BCUT2D eigenvalue weighted by Gasteiger charge is -2.19. The van der Waals surface area contributed by atoms with Crippen LogP contribution in [0.25, 0.3) is 33.0 Å². The number of imide groups is 1. The molecule has 5 rings (SSSR count). The number of aromatic nitrogens is 2. The van der Waals surface area contributed by atoms with Crippen LogP contribution in [0.1, 0.15) is 48.7 Å². The van der Waals surface area contributed by atoms with Crippen molar-refractivity contribution >= 4 is 56.8 Å². The first-order valence-electron chi connectivity index (χ1n) is 12.5. The molecule has 0 radical (unpaired) electrons. The third kappa shape index (κ3) is 4.88. The molecule has 0 aliphatic carbocycles. The molecule has 1 aliphatic rings. The van der Waals surface area contributed by atoms with Crippen LogP contribution in [0.4, 0.5) is 4.79 Å². The third-order valence-corrected chi connectivity index (χ3v) is 6.45. The van der Waals surface area contributed by atoms with Crippen LogP contribution in [0.15, 0.2) is 54.9 Å². The number of amides is 3. The van der Waals surface area contributed by atoms with E-state index in [0.29, 0.717) is 41.5 Å². The summed E-state index contributed by atoms with van der Waals surface area (Å²) in [6.45, 7) is 6.34. The van der Waals surface area contributed by atoms with E-state index in [2.05, 4.69) is 15.6 Å². The number of nitrogens with one attached hydrogen (secondary N) is 3. The maximum Gasteiger partial charge on any atom is 0.407 e. The van der Waals surface area contributed by atoms with E-state index in [1.165, 1.54) is 6.07 Å². The number of rotatable bonds is 7. The molecular formula is C29H28N4O6. The molecule has 0 unspecified atom stereocenters. The van der Waals surface area contributed by atoms with Gasteiger partial charge in [0, 0.05) is 52.9 Å². The summed E-state index contributed by atoms with van der Waals surface area (Å²) in [7, 11) is 0. The SMILES string of the molecule is CC(C)(C)OC(=O)NCCCn1cc(C2=C(c3c[nH]c4c(C(=O)O)cccc34)C(=O)NC2=O)c2ccccc21. The van der Waals surface area contributed by atoms with Gasteiger partial charge in [-0.2, -0.15) is 0 Å². The summed E-state index contributed by atoms with van der Waals surface area (Å²) in [4.78, 5) is 52.8. The first kappa shape index (κ1) is 25.8. The van der Waals surface area contributed by atoms with Gasteiger partial charge < -0.3 is 24.7 Å². The van der Waals surface area contributed by atoms with Crippen LogP contribution < -0.4 is 10.6 Å². The summed E-state index contributed by atoms with van der Waals surface area (Å²) in [6, 6.07) is 12.4. The van der Waals surface area contributed by atoms with Gasteiger partial charge in [-0.1, -0.05) is 30.3 Å². The number of fused-ring (bicyclic) bond motifs is 2. The lowest BCUT2D eigenvalue weighted by atomic mass is 9.95. The summed E-state index contributed by atoms with van der Waals surface area (Å²) in [6.07, 6.45) is 3.52. The van der Waals surface area contributed by atoms with Crippen LogP contribution in [0.3, 0.4) is 0 Å². The van der Waals surface area contributed by atoms with Gasteiger partial charge in [-0.15, -0.1) is 0 Å². The zero-order valence-corrected chi connectivity index (χ0v) is 21.8. The van der Waals surface area contributed by atoms with E-state index in [9.17, 15) is 24.3 Å². The number of aryl methyl sites for hydroxylation is 1. The molecule has 0 saturated heterocycles. The highest BCUT2D eigenvalue weighted by atomic mass is 16.6. The third-order valence-electron chi connectivity index (χ3n) is 6.45. The topological polar surface area (TPSA) is 143 Å². The van der Waals surface area contributed by atoms with Crippen molar-refractivity contribution in [1.29, 1.82) is 0 Å². The molecule has 10 heteroatoms. The van der Waals surface area contributed by atoms with Gasteiger partial charge in [0.1, 0.15) is 5.60 Å². The van der Waals surface area contributed by atoms with Crippen LogP contribution >= 0.6 is 0 Å². The number of alkyl carbamates (subject to hydrolysis) is 1. The molecule has 39 heavy (non-hydrogen) atoms. The van der Waals surface area contributed by atoms with Crippen molar-refractivity contribution in [3.05, 3.63) is 71.5 Å². The van der Waals surface area contributed by atoms with E-state index in [0.717, 1.165) is 10.9 Å². The number of hydrogen-bond acceptors (Lipinski definition) is 5. The van der Waals surface area contributed by atoms with Crippen LogP contribution in [0, 0.1) is 0 Å². The number of carboxylic acids is 1. The van der Waals surface area contributed by atoms with Gasteiger partial charge in [0.25, 0.3) is 11.8 Å². The highest BCUT2D eigenvalue weighted by Crippen LogP contribution is 2.38. The Bertz CT molecular complexity index is 1680. The smallest absolute Gasteiger partial charge is 0.407 e. The summed E-state index contributed by atoms with van der Waals surface area (Å²) in [5.74, 6) is -2.16. The average Bonchev–Trinajstić information content (AvgIpc) is 3.53. The summed E-state index contributed by atoms with van der Waals surface area (Å²) < 4.78 is 7.26. The number of benzene rings is 2. The Morgan fingerprint density at radius 1 is 0.974 bits per heavy atom. The number of carbonyl (C=O) groups is 4. The minimum absolute atomic E-state index is 0.0715. The van der Waals surface area contributed by atoms with Crippen molar-refractivity contribution in [2.75, 3.05) is 6.54 Å². The number of aromatic amines is 1. The molecule has 0 atom stereocenters. The quantitative estimate of drug-likeness (QED) is 0.208. The van der Waals surface area contributed by atoms with Gasteiger partial charge in [0.05, 0.1) is 22.2 Å². The molecular weight excluding hydrogens is 500 g/mol. The number of para-hydroxylation sites is 2. The number of hydrogen-bond donors (Lipinski definition) is 4. The predicted octanol–water partition coefficient (Wildman–Crippen LogP) is 4.30. The second-order valence-corrected chi connectivity index (χ2v) is 10.3. The van der Waals surface area contributed by atoms with Crippen molar-refractivity contribution in [1.82, 2.24) is 20.2 Å². The molecule has 4 N–H and O–H groups in total. The van der Waals surface area contributed by atoms with Gasteiger partial charge in [0.15, 0.2) is 0 Å². The van der Waals surface area contributed by atoms with E-state index >= 15 is 0 Å². The molecule has 2 aromatic heterocycles. The van der Waals surface area contributed by atoms with Crippen molar-refractivity contribution in [3.63, 3.8) is 0 Å². The second kappa shape index (κ2) is 9.79. The van der Waals surface area contributed by atoms with Crippen LogP contribution in [-0.2, 0) is 20.9 Å². The van der Waals surface area contributed by atoms with E-state index in [-0.39, 0.29) is 16.7 Å². The molecule has 1 aliphatic heterocycles. The fourth-order valence-corrected chi connectivity index (χ4v) is 4.89. The fourth-order valence-electron chi connectivity index (χ4n) is 4.89. The summed E-state index contributed by atoms with van der Waals surface area (Å²) >= 11 is 0. The molecule has 0 bridgehead atoms. The van der Waals surface area contributed by atoms with Crippen molar-refractivity contribution in [3.8, 4) is 0 Å². The summed E-state index contributed by atoms with van der Waals surface area (Å²) in [5, 5.41) is 16.1. The zero-order chi connectivity index (χ0) is 27.9. The normalized spacial score (nSPS) is 13.8. The maximum absolute atomic E-state index is 13.1. The number of carbonyl (C=O) groups excluding carboxylic acids is 3. The Balaban J connectivity index is 1.53. The minimum Gasteiger partial charge on any atom is -0.478 e. The number of nitrogens with zero attached hydrogens (tertiary/aromatic N) is 1. The molecule has 3 heterocycles. The fraction of sp³-hybridized carbons (Fsp3) is 0.241. The number of ether oxygens (including phenoxy) is 1. The molecule has 10 nitrogen and oxygen atoms in total. The zero-order valence-electron chi connectivity index (χ0n) is 21.8. The van der Waals surface area contributed by atoms with Crippen LogP contribution in [-0.4, -0.2) is 50.7 Å². The van der Waals surface area contributed by atoms with Crippen molar-refractivity contribution in [2.45, 2.75) is 39.3 Å². The standard InChI is InChI=1S/C29H28N4O6/c1-29(2,3)39-28(38)30-12-7-13-33-15-20(16-8-4-5-11-21(16)33)23-22(25(34)32-26(23)35)19-14-31-24-17(19)9-6-10-18(24)27(36)37/h4-6,8-11,14-15,31H,7,12-13H2,1-3H3,(H,30,38)(H,36,37)(H,32,34,35). The van der Waals surface area contributed by atoms with Gasteiger partial charge in [0.2, 0.25) is 0 Å². The molecule has 4 aromatic rings. The average molecular weight is 529 g/mol. The lowest BCUT2D eigenvalue weighted by Crippen LogP contribution is -2.33. The molecule has 0 fully saturated rings. The van der Waals surface area contributed by atoms with E-state index < -0.39 is 29.5 Å².